The number of imidazole rings is 1. The Morgan fingerprint density at radius 2 is 2.11 bits per heavy atom. The molecule has 0 radical (unpaired) electrons. The summed E-state index contributed by atoms with van der Waals surface area (Å²) < 4.78 is 3.84. The molecule has 6 rings (SSSR count). The zero-order valence-corrected chi connectivity index (χ0v) is 16.4. The van der Waals surface area contributed by atoms with Gasteiger partial charge in [0.2, 0.25) is 4.96 Å². The van der Waals surface area contributed by atoms with Crippen LogP contribution in [0.15, 0.2) is 24.5 Å². The van der Waals surface area contributed by atoms with Gasteiger partial charge in [-0.2, -0.15) is 10.2 Å². The quantitative estimate of drug-likeness (QED) is 0.578. The van der Waals surface area contributed by atoms with Crippen LogP contribution in [0.3, 0.4) is 0 Å². The molecule has 7 heteroatoms. The number of rotatable bonds is 2. The van der Waals surface area contributed by atoms with Crippen LogP contribution in [0.4, 0.5) is 0 Å². The Morgan fingerprint density at radius 3 is 2.93 bits per heavy atom. The first-order chi connectivity index (χ1) is 13.1. The Labute approximate surface area is 161 Å². The Kier molecular flexibility index (Phi) is 3.15. The Morgan fingerprint density at radius 1 is 1.22 bits per heavy atom. The first-order valence-corrected chi connectivity index (χ1v) is 10.5. The van der Waals surface area contributed by atoms with Crippen molar-refractivity contribution >= 4 is 27.2 Å². The molecular formula is C20H22N6S. The van der Waals surface area contributed by atoms with Crippen molar-refractivity contribution in [1.82, 2.24) is 29.7 Å². The summed E-state index contributed by atoms with van der Waals surface area (Å²) in [6, 6.07) is 4.36. The third-order valence-corrected chi connectivity index (χ3v) is 7.10. The lowest BCUT2D eigenvalue weighted by atomic mass is 9.89. The van der Waals surface area contributed by atoms with Gasteiger partial charge in [-0.25, -0.2) is 9.50 Å². The molecule has 1 aliphatic heterocycles. The highest BCUT2D eigenvalue weighted by Gasteiger charge is 2.46. The summed E-state index contributed by atoms with van der Waals surface area (Å²) in [6.45, 7) is 3.22. The fourth-order valence-electron chi connectivity index (χ4n) is 4.53. The highest BCUT2D eigenvalue weighted by Crippen LogP contribution is 2.46. The lowest BCUT2D eigenvalue weighted by molar-refractivity contribution is 0.342. The summed E-state index contributed by atoms with van der Waals surface area (Å²) >= 11 is 1.67. The van der Waals surface area contributed by atoms with E-state index in [1.165, 1.54) is 36.9 Å². The van der Waals surface area contributed by atoms with Gasteiger partial charge in [-0.3, -0.25) is 4.68 Å². The number of benzene rings is 1. The van der Waals surface area contributed by atoms with Crippen LogP contribution in [0, 0.1) is 6.92 Å². The first kappa shape index (κ1) is 15.8. The average Bonchev–Trinajstić information content (AvgIpc) is 2.99. The van der Waals surface area contributed by atoms with E-state index in [-0.39, 0.29) is 0 Å². The molecule has 6 nitrogen and oxygen atoms in total. The van der Waals surface area contributed by atoms with Gasteiger partial charge in [-0.1, -0.05) is 11.3 Å². The van der Waals surface area contributed by atoms with Crippen molar-refractivity contribution in [3.05, 3.63) is 35.8 Å². The minimum atomic E-state index is 0.426. The largest absolute Gasteiger partial charge is 0.311 e. The van der Waals surface area contributed by atoms with Gasteiger partial charge in [0, 0.05) is 35.7 Å². The summed E-state index contributed by atoms with van der Waals surface area (Å²) in [5.41, 5.74) is 5.02. The number of nitrogens with zero attached hydrogens (tertiary/aromatic N) is 5. The summed E-state index contributed by atoms with van der Waals surface area (Å²) in [5.74, 6) is 0.570. The third kappa shape index (κ3) is 2.52. The van der Waals surface area contributed by atoms with E-state index in [1.807, 2.05) is 16.2 Å². The van der Waals surface area contributed by atoms with Crippen LogP contribution in [-0.2, 0) is 7.05 Å². The van der Waals surface area contributed by atoms with Crippen LogP contribution in [0.5, 0.6) is 0 Å². The van der Waals surface area contributed by atoms with E-state index in [2.05, 4.69) is 41.9 Å². The third-order valence-electron chi connectivity index (χ3n) is 6.12. The zero-order chi connectivity index (χ0) is 18.2. The molecule has 1 atom stereocenters. The van der Waals surface area contributed by atoms with Gasteiger partial charge in [0.05, 0.1) is 17.4 Å². The number of aromatic nitrogens is 5. The molecule has 1 aliphatic carbocycles. The molecule has 1 aromatic carbocycles. The Bertz CT molecular complexity index is 1150. The standard InChI is InChI=1S/C20H22N6S/c1-12-7-14(8-15-10-25(2)23-17(12)15)18-24-26-11-16(22-19(26)27-18)13-3-6-21-20(9-13)4-5-20/h7-8,10-11,13,21H,3-6,9H2,1-2H3/t13-/m1/s1. The zero-order valence-electron chi connectivity index (χ0n) is 15.6. The van der Waals surface area contributed by atoms with Gasteiger partial charge in [0.1, 0.15) is 5.01 Å². The smallest absolute Gasteiger partial charge is 0.212 e. The predicted octanol–water partition coefficient (Wildman–Crippen LogP) is 3.65. The maximum Gasteiger partial charge on any atom is 0.212 e. The van der Waals surface area contributed by atoms with E-state index in [1.54, 1.807) is 11.3 Å². The van der Waals surface area contributed by atoms with Crippen molar-refractivity contribution in [3.63, 3.8) is 0 Å². The molecule has 2 fully saturated rings. The monoisotopic (exact) mass is 378 g/mol. The van der Waals surface area contributed by atoms with E-state index >= 15 is 0 Å². The van der Waals surface area contributed by atoms with Crippen molar-refractivity contribution in [1.29, 1.82) is 0 Å². The molecule has 1 saturated heterocycles. The summed E-state index contributed by atoms with van der Waals surface area (Å²) in [6.07, 6.45) is 9.26. The molecule has 0 bridgehead atoms. The van der Waals surface area contributed by atoms with Crippen molar-refractivity contribution in [2.45, 2.75) is 44.1 Å². The van der Waals surface area contributed by atoms with Crippen LogP contribution in [0.2, 0.25) is 0 Å². The highest BCUT2D eigenvalue weighted by molar-refractivity contribution is 7.19. The van der Waals surface area contributed by atoms with Crippen LogP contribution in [-0.4, -0.2) is 36.5 Å². The number of nitrogens with one attached hydrogen (secondary N) is 1. The van der Waals surface area contributed by atoms with E-state index in [0.717, 1.165) is 33.0 Å². The molecular weight excluding hydrogens is 356 g/mol. The lowest BCUT2D eigenvalue weighted by Gasteiger charge is -2.29. The van der Waals surface area contributed by atoms with Gasteiger partial charge < -0.3 is 5.32 Å². The molecule has 138 valence electrons. The van der Waals surface area contributed by atoms with Crippen molar-refractivity contribution in [3.8, 4) is 10.6 Å². The number of aryl methyl sites for hydroxylation is 2. The maximum atomic E-state index is 4.94. The number of piperidine rings is 1. The molecule has 0 unspecified atom stereocenters. The number of fused-ring (bicyclic) bond motifs is 2. The Hall–Kier alpha value is -2.25. The van der Waals surface area contributed by atoms with Gasteiger partial charge >= 0.3 is 0 Å². The number of hydrogen-bond acceptors (Lipinski definition) is 5. The van der Waals surface area contributed by atoms with Gasteiger partial charge in [-0.05, 0) is 56.8 Å². The predicted molar refractivity (Wildman–Crippen MR) is 107 cm³/mol. The fraction of sp³-hybridized carbons (Fsp3) is 0.450. The molecule has 1 saturated carbocycles. The van der Waals surface area contributed by atoms with Crippen molar-refractivity contribution < 1.29 is 0 Å². The second-order valence-corrected chi connectivity index (χ2v) is 9.19. The lowest BCUT2D eigenvalue weighted by Crippen LogP contribution is -2.39. The molecule has 27 heavy (non-hydrogen) atoms. The normalized spacial score (nSPS) is 21.5. The summed E-state index contributed by atoms with van der Waals surface area (Å²) in [7, 11) is 1.96. The fourth-order valence-corrected chi connectivity index (χ4v) is 5.40. The van der Waals surface area contributed by atoms with Gasteiger partial charge in [0.15, 0.2) is 0 Å². The Balaban J connectivity index is 1.36. The maximum absolute atomic E-state index is 4.94. The van der Waals surface area contributed by atoms with Gasteiger partial charge in [0.25, 0.3) is 0 Å². The second kappa shape index (κ2) is 5.39. The van der Waals surface area contributed by atoms with Crippen LogP contribution in [0.1, 0.15) is 42.9 Å². The molecule has 2 aliphatic rings. The first-order valence-electron chi connectivity index (χ1n) is 9.64. The van der Waals surface area contributed by atoms with E-state index in [0.29, 0.717) is 11.5 Å². The minimum absolute atomic E-state index is 0.426. The average molecular weight is 379 g/mol. The SMILES string of the molecule is Cc1cc(-c2nn3cc([C@@H]4CCNC5(CC5)C4)nc3s2)cc2cn(C)nc12. The van der Waals surface area contributed by atoms with Gasteiger partial charge in [-0.15, -0.1) is 0 Å². The molecule has 3 aromatic heterocycles. The molecule has 0 amide bonds. The summed E-state index contributed by atoms with van der Waals surface area (Å²) in [4.78, 5) is 5.93. The molecule has 4 heterocycles. The van der Waals surface area contributed by atoms with E-state index in [9.17, 15) is 0 Å². The van der Waals surface area contributed by atoms with Crippen molar-refractivity contribution in [2.75, 3.05) is 6.54 Å². The van der Waals surface area contributed by atoms with Crippen LogP contribution in [0.25, 0.3) is 26.4 Å². The minimum Gasteiger partial charge on any atom is -0.311 e. The highest BCUT2D eigenvalue weighted by atomic mass is 32.1. The van der Waals surface area contributed by atoms with E-state index in [4.69, 9.17) is 10.1 Å². The summed E-state index contributed by atoms with van der Waals surface area (Å²) in [5, 5.41) is 15.2. The van der Waals surface area contributed by atoms with Crippen LogP contribution < -0.4 is 5.32 Å². The molecule has 1 N–H and O–H groups in total. The molecule has 1 spiro atoms. The molecule has 4 aromatic rings. The van der Waals surface area contributed by atoms with Crippen molar-refractivity contribution in [2.24, 2.45) is 7.05 Å². The number of hydrogen-bond donors (Lipinski definition) is 1. The topological polar surface area (TPSA) is 60.0 Å². The van der Waals surface area contributed by atoms with E-state index < -0.39 is 0 Å². The van der Waals surface area contributed by atoms with Crippen LogP contribution >= 0.6 is 11.3 Å². The second-order valence-electron chi connectivity index (χ2n) is 8.23.